The van der Waals surface area contributed by atoms with Crippen LogP contribution in [-0.2, 0) is 9.47 Å². The summed E-state index contributed by atoms with van der Waals surface area (Å²) in [6.07, 6.45) is 4.76. The Morgan fingerprint density at radius 3 is 2.92 bits per heavy atom. The molecule has 0 aliphatic carbocycles. The third kappa shape index (κ3) is 2.44. The van der Waals surface area contributed by atoms with Gasteiger partial charge in [0.15, 0.2) is 18.2 Å². The zero-order valence-electron chi connectivity index (χ0n) is 8.75. The number of unbranched alkanes of at least 4 members (excludes halogenated alkanes) is 1. The number of ether oxygens (including phenoxy) is 2. The number of hydrogen-bond acceptors (Lipinski definition) is 3. The van der Waals surface area contributed by atoms with Gasteiger partial charge >= 0.3 is 0 Å². The van der Waals surface area contributed by atoms with Gasteiger partial charge in [0.1, 0.15) is 0 Å². The lowest BCUT2D eigenvalue weighted by atomic mass is 9.97. The molecule has 0 amide bonds. The predicted molar refractivity (Wildman–Crippen MR) is 52.9 cm³/mol. The Morgan fingerprint density at radius 1 is 1.54 bits per heavy atom. The van der Waals surface area contributed by atoms with Crippen molar-refractivity contribution in [3.05, 3.63) is 0 Å². The summed E-state index contributed by atoms with van der Waals surface area (Å²) in [4.78, 5) is 4.16. The fourth-order valence-corrected chi connectivity index (χ4v) is 1.51. The molecular formula is C10H19NO2. The summed E-state index contributed by atoms with van der Waals surface area (Å²) < 4.78 is 11.0. The fourth-order valence-electron chi connectivity index (χ4n) is 1.51. The molecule has 1 aliphatic rings. The summed E-state index contributed by atoms with van der Waals surface area (Å²) in [7, 11) is 0. The molecule has 0 aromatic heterocycles. The van der Waals surface area contributed by atoms with E-state index in [-0.39, 0.29) is 11.8 Å². The number of nitrogens with zero attached hydrogens (tertiary/aromatic N) is 1. The molecule has 3 heteroatoms. The van der Waals surface area contributed by atoms with Crippen LogP contribution in [0.1, 0.15) is 40.0 Å². The Hall–Kier alpha value is -0.570. The molecule has 0 aromatic carbocycles. The smallest absolute Gasteiger partial charge is 0.190 e. The molecule has 13 heavy (non-hydrogen) atoms. The molecule has 1 aliphatic heterocycles. The van der Waals surface area contributed by atoms with E-state index >= 15 is 0 Å². The average Bonchev–Trinajstić information content (AvgIpc) is 2.46. The molecule has 76 valence electrons. The van der Waals surface area contributed by atoms with Crippen LogP contribution in [0, 0.1) is 0 Å². The molecule has 2 atom stereocenters. The molecule has 0 radical (unpaired) electrons. The monoisotopic (exact) mass is 185 g/mol. The van der Waals surface area contributed by atoms with E-state index in [9.17, 15) is 0 Å². The van der Waals surface area contributed by atoms with E-state index in [1.54, 1.807) is 0 Å². The highest BCUT2D eigenvalue weighted by Crippen LogP contribution is 2.29. The van der Waals surface area contributed by atoms with Crippen molar-refractivity contribution >= 4 is 6.40 Å². The van der Waals surface area contributed by atoms with Crippen LogP contribution >= 0.6 is 0 Å². The van der Waals surface area contributed by atoms with Crippen molar-refractivity contribution in [2.45, 2.75) is 51.9 Å². The van der Waals surface area contributed by atoms with Gasteiger partial charge in [-0.1, -0.05) is 13.3 Å². The standard InChI is InChI=1S/C10H19NO2/c1-4-6-7-10(3)9(12-5-2)11-8-13-10/h8-9H,4-7H2,1-3H3. The van der Waals surface area contributed by atoms with Crippen LogP contribution in [0.25, 0.3) is 0 Å². The van der Waals surface area contributed by atoms with Gasteiger partial charge in [0.05, 0.1) is 0 Å². The molecule has 0 N–H and O–H groups in total. The summed E-state index contributed by atoms with van der Waals surface area (Å²) in [5, 5.41) is 0. The lowest BCUT2D eigenvalue weighted by Gasteiger charge is -2.28. The Balaban J connectivity index is 2.46. The largest absolute Gasteiger partial charge is 0.473 e. The molecule has 0 spiro atoms. The molecule has 0 saturated carbocycles. The predicted octanol–water partition coefficient (Wildman–Crippen LogP) is 2.36. The molecule has 0 aromatic rings. The number of rotatable bonds is 5. The molecule has 0 fully saturated rings. The third-order valence-electron chi connectivity index (χ3n) is 2.39. The Kier molecular flexibility index (Phi) is 3.72. The van der Waals surface area contributed by atoms with Crippen molar-refractivity contribution in [2.24, 2.45) is 4.99 Å². The first-order chi connectivity index (χ1) is 6.23. The van der Waals surface area contributed by atoms with Crippen LogP contribution in [0.2, 0.25) is 0 Å². The minimum Gasteiger partial charge on any atom is -0.473 e. The van der Waals surface area contributed by atoms with E-state index < -0.39 is 0 Å². The molecule has 0 bridgehead atoms. The van der Waals surface area contributed by atoms with E-state index in [0.717, 1.165) is 12.8 Å². The van der Waals surface area contributed by atoms with Gasteiger partial charge < -0.3 is 9.47 Å². The summed E-state index contributed by atoms with van der Waals surface area (Å²) in [6.45, 7) is 6.91. The van der Waals surface area contributed by atoms with E-state index in [1.165, 1.54) is 12.8 Å². The normalized spacial score (nSPS) is 32.1. The van der Waals surface area contributed by atoms with Crippen molar-refractivity contribution in [3.63, 3.8) is 0 Å². The molecule has 0 saturated heterocycles. The van der Waals surface area contributed by atoms with Crippen LogP contribution < -0.4 is 0 Å². The van der Waals surface area contributed by atoms with Crippen molar-refractivity contribution in [3.8, 4) is 0 Å². The maximum atomic E-state index is 5.49. The first kappa shape index (κ1) is 10.5. The quantitative estimate of drug-likeness (QED) is 0.658. The fraction of sp³-hybridized carbons (Fsp3) is 0.900. The molecular weight excluding hydrogens is 166 g/mol. The highest BCUT2D eigenvalue weighted by Gasteiger charge is 2.39. The van der Waals surface area contributed by atoms with Crippen LogP contribution in [0.4, 0.5) is 0 Å². The van der Waals surface area contributed by atoms with Crippen LogP contribution in [0.15, 0.2) is 4.99 Å². The van der Waals surface area contributed by atoms with Crippen LogP contribution in [0.3, 0.4) is 0 Å². The van der Waals surface area contributed by atoms with Gasteiger partial charge in [0, 0.05) is 6.61 Å². The summed E-state index contributed by atoms with van der Waals surface area (Å²) in [5.74, 6) is 0. The van der Waals surface area contributed by atoms with Gasteiger partial charge in [-0.25, -0.2) is 4.99 Å². The second-order valence-electron chi connectivity index (χ2n) is 3.60. The first-order valence-electron chi connectivity index (χ1n) is 5.04. The van der Waals surface area contributed by atoms with Crippen molar-refractivity contribution in [2.75, 3.05) is 6.61 Å². The third-order valence-corrected chi connectivity index (χ3v) is 2.39. The second-order valence-corrected chi connectivity index (χ2v) is 3.60. The summed E-state index contributed by atoms with van der Waals surface area (Å²) >= 11 is 0. The molecule has 1 heterocycles. The summed E-state index contributed by atoms with van der Waals surface area (Å²) in [6, 6.07) is 0. The summed E-state index contributed by atoms with van der Waals surface area (Å²) in [5.41, 5.74) is -0.230. The highest BCUT2D eigenvalue weighted by molar-refractivity contribution is 5.50. The highest BCUT2D eigenvalue weighted by atomic mass is 16.6. The van der Waals surface area contributed by atoms with E-state index in [1.807, 2.05) is 6.92 Å². The van der Waals surface area contributed by atoms with Gasteiger partial charge in [0.25, 0.3) is 0 Å². The van der Waals surface area contributed by atoms with E-state index in [4.69, 9.17) is 9.47 Å². The van der Waals surface area contributed by atoms with E-state index in [2.05, 4.69) is 18.8 Å². The zero-order chi connectivity index (χ0) is 9.73. The van der Waals surface area contributed by atoms with E-state index in [0.29, 0.717) is 6.61 Å². The Labute approximate surface area is 80.1 Å². The molecule has 2 unspecified atom stereocenters. The van der Waals surface area contributed by atoms with Crippen molar-refractivity contribution in [1.29, 1.82) is 0 Å². The lowest BCUT2D eigenvalue weighted by molar-refractivity contribution is -0.0626. The Morgan fingerprint density at radius 2 is 2.31 bits per heavy atom. The van der Waals surface area contributed by atoms with Gasteiger partial charge in [0.2, 0.25) is 0 Å². The first-order valence-corrected chi connectivity index (χ1v) is 5.04. The number of hydrogen-bond donors (Lipinski definition) is 0. The number of aliphatic imine (C=N–C) groups is 1. The van der Waals surface area contributed by atoms with Gasteiger partial charge in [-0.3, -0.25) is 0 Å². The molecule has 3 nitrogen and oxygen atoms in total. The lowest BCUT2D eigenvalue weighted by Crippen LogP contribution is -2.38. The minimum atomic E-state index is -0.230. The van der Waals surface area contributed by atoms with Gasteiger partial charge in [-0.05, 0) is 26.7 Å². The minimum absolute atomic E-state index is 0.107. The zero-order valence-corrected chi connectivity index (χ0v) is 8.75. The maximum absolute atomic E-state index is 5.49. The van der Waals surface area contributed by atoms with Gasteiger partial charge in [-0.15, -0.1) is 0 Å². The Bertz CT molecular complexity index is 182. The topological polar surface area (TPSA) is 30.8 Å². The maximum Gasteiger partial charge on any atom is 0.190 e. The van der Waals surface area contributed by atoms with Crippen molar-refractivity contribution < 1.29 is 9.47 Å². The second kappa shape index (κ2) is 4.61. The SMILES string of the molecule is CCCCC1(C)OC=NC1OCC. The average molecular weight is 185 g/mol. The van der Waals surface area contributed by atoms with Gasteiger partial charge in [-0.2, -0.15) is 0 Å². The van der Waals surface area contributed by atoms with Crippen LogP contribution in [-0.4, -0.2) is 24.8 Å². The molecule has 1 rings (SSSR count). The van der Waals surface area contributed by atoms with Crippen molar-refractivity contribution in [1.82, 2.24) is 0 Å². The van der Waals surface area contributed by atoms with Crippen LogP contribution in [0.5, 0.6) is 0 Å².